The lowest BCUT2D eigenvalue weighted by molar-refractivity contribution is -0.123. The molecular weight excluding hydrogens is 270 g/mol. The predicted molar refractivity (Wildman–Crippen MR) is 81.4 cm³/mol. The van der Waals surface area contributed by atoms with Crippen LogP contribution in [-0.4, -0.2) is 36.0 Å². The maximum absolute atomic E-state index is 12.1. The number of amides is 1. The van der Waals surface area contributed by atoms with Gasteiger partial charge in [-0.3, -0.25) is 4.79 Å². The largest absolute Gasteiger partial charge is 0.339 e. The number of nitrogens with zero attached hydrogens (tertiary/aromatic N) is 1. The standard InChI is InChI=1S/C15H19N3OS/c1-20-13-8-14(17-10-13)15(19)18-12(9-16)7-11-5-3-2-4-6-11/h2-6,12-14,17H,7-8,10H2,1H3,(H,18,19)/t12-,13-,14-/m0/s1. The molecule has 0 aliphatic carbocycles. The van der Waals surface area contributed by atoms with Crippen molar-refractivity contribution in [1.82, 2.24) is 10.6 Å². The number of carbonyl (C=O) groups is 1. The molecule has 0 spiro atoms. The third-order valence-electron chi connectivity index (χ3n) is 3.50. The van der Waals surface area contributed by atoms with Crippen LogP contribution in [0.3, 0.4) is 0 Å². The van der Waals surface area contributed by atoms with Crippen LogP contribution in [0.4, 0.5) is 0 Å². The number of carbonyl (C=O) groups excluding carboxylic acids is 1. The fourth-order valence-electron chi connectivity index (χ4n) is 2.33. The molecule has 2 rings (SSSR count). The third-order valence-corrected chi connectivity index (χ3v) is 4.52. The molecule has 1 aliphatic rings. The van der Waals surface area contributed by atoms with Gasteiger partial charge in [0.1, 0.15) is 6.04 Å². The van der Waals surface area contributed by atoms with Gasteiger partial charge < -0.3 is 10.6 Å². The summed E-state index contributed by atoms with van der Waals surface area (Å²) in [6.45, 7) is 0.856. The van der Waals surface area contributed by atoms with Crippen molar-refractivity contribution in [1.29, 1.82) is 5.26 Å². The number of hydrogen-bond donors (Lipinski definition) is 2. The summed E-state index contributed by atoms with van der Waals surface area (Å²) >= 11 is 1.77. The summed E-state index contributed by atoms with van der Waals surface area (Å²) in [5.74, 6) is -0.0657. The van der Waals surface area contributed by atoms with Crippen molar-refractivity contribution in [2.75, 3.05) is 12.8 Å². The summed E-state index contributed by atoms with van der Waals surface area (Å²) in [6.07, 6.45) is 3.43. The van der Waals surface area contributed by atoms with Crippen LogP contribution in [0, 0.1) is 11.3 Å². The molecule has 1 fully saturated rings. The Morgan fingerprint density at radius 3 is 2.90 bits per heavy atom. The highest BCUT2D eigenvalue weighted by Gasteiger charge is 2.29. The van der Waals surface area contributed by atoms with Gasteiger partial charge in [0, 0.05) is 18.2 Å². The van der Waals surface area contributed by atoms with Crippen molar-refractivity contribution in [3.63, 3.8) is 0 Å². The number of rotatable bonds is 5. The van der Waals surface area contributed by atoms with E-state index in [1.54, 1.807) is 11.8 Å². The van der Waals surface area contributed by atoms with Gasteiger partial charge in [-0.25, -0.2) is 0 Å². The van der Waals surface area contributed by atoms with E-state index in [1.165, 1.54) is 0 Å². The summed E-state index contributed by atoms with van der Waals surface area (Å²) in [4.78, 5) is 12.1. The lowest BCUT2D eigenvalue weighted by atomic mass is 10.1. The molecule has 4 nitrogen and oxygen atoms in total. The average molecular weight is 289 g/mol. The Morgan fingerprint density at radius 2 is 2.30 bits per heavy atom. The smallest absolute Gasteiger partial charge is 0.238 e. The topological polar surface area (TPSA) is 64.9 Å². The van der Waals surface area contributed by atoms with Crippen LogP contribution in [-0.2, 0) is 11.2 Å². The van der Waals surface area contributed by atoms with Crippen LogP contribution in [0.25, 0.3) is 0 Å². The van der Waals surface area contributed by atoms with Crippen molar-refractivity contribution >= 4 is 17.7 Å². The quantitative estimate of drug-likeness (QED) is 0.858. The second-order valence-electron chi connectivity index (χ2n) is 4.93. The van der Waals surface area contributed by atoms with Crippen molar-refractivity contribution in [2.45, 2.75) is 30.2 Å². The fraction of sp³-hybridized carbons (Fsp3) is 0.467. The zero-order valence-corrected chi connectivity index (χ0v) is 12.3. The van der Waals surface area contributed by atoms with Crippen molar-refractivity contribution in [3.05, 3.63) is 35.9 Å². The summed E-state index contributed by atoms with van der Waals surface area (Å²) in [5.41, 5.74) is 1.06. The summed E-state index contributed by atoms with van der Waals surface area (Å²) in [5, 5.41) is 15.7. The van der Waals surface area contributed by atoms with Gasteiger partial charge in [-0.2, -0.15) is 17.0 Å². The SMILES string of the molecule is CS[C@@H]1CN[C@H](C(=O)N[C@H](C#N)Cc2ccccc2)C1. The van der Waals surface area contributed by atoms with E-state index in [0.29, 0.717) is 11.7 Å². The van der Waals surface area contributed by atoms with E-state index in [2.05, 4.69) is 23.0 Å². The molecular formula is C15H19N3OS. The van der Waals surface area contributed by atoms with Crippen LogP contribution in [0.2, 0.25) is 0 Å². The van der Waals surface area contributed by atoms with Crippen LogP contribution >= 0.6 is 11.8 Å². The highest BCUT2D eigenvalue weighted by Crippen LogP contribution is 2.18. The Bertz CT molecular complexity index is 486. The number of nitrogens with one attached hydrogen (secondary N) is 2. The molecule has 1 saturated heterocycles. The zero-order chi connectivity index (χ0) is 14.4. The van der Waals surface area contributed by atoms with E-state index < -0.39 is 6.04 Å². The molecule has 0 saturated carbocycles. The van der Waals surface area contributed by atoms with Gasteiger partial charge in [0.2, 0.25) is 5.91 Å². The normalized spacial score (nSPS) is 23.0. The Hall–Kier alpha value is -1.51. The molecule has 0 unspecified atom stereocenters. The number of benzene rings is 1. The van der Waals surface area contributed by atoms with Crippen molar-refractivity contribution in [3.8, 4) is 6.07 Å². The monoisotopic (exact) mass is 289 g/mol. The molecule has 0 aromatic heterocycles. The molecule has 1 amide bonds. The first kappa shape index (κ1) is 14.9. The molecule has 106 valence electrons. The minimum atomic E-state index is -0.472. The molecule has 0 bridgehead atoms. The van der Waals surface area contributed by atoms with Gasteiger partial charge in [-0.15, -0.1) is 0 Å². The highest BCUT2D eigenvalue weighted by molar-refractivity contribution is 7.99. The Labute approximate surface area is 123 Å². The first-order chi connectivity index (χ1) is 9.72. The molecule has 1 heterocycles. The van der Waals surface area contributed by atoms with Crippen LogP contribution in [0.1, 0.15) is 12.0 Å². The molecule has 2 N–H and O–H groups in total. The van der Waals surface area contributed by atoms with Gasteiger partial charge in [-0.05, 0) is 18.2 Å². The van der Waals surface area contributed by atoms with Crippen molar-refractivity contribution < 1.29 is 4.79 Å². The lowest BCUT2D eigenvalue weighted by Crippen LogP contribution is -2.45. The Balaban J connectivity index is 1.87. The molecule has 1 aliphatic heterocycles. The Morgan fingerprint density at radius 1 is 1.55 bits per heavy atom. The van der Waals surface area contributed by atoms with E-state index in [0.717, 1.165) is 18.5 Å². The summed E-state index contributed by atoms with van der Waals surface area (Å²) < 4.78 is 0. The second-order valence-corrected chi connectivity index (χ2v) is 6.07. The number of thioether (sulfide) groups is 1. The van der Waals surface area contributed by atoms with E-state index in [4.69, 9.17) is 0 Å². The predicted octanol–water partition coefficient (Wildman–Crippen LogP) is 1.33. The van der Waals surface area contributed by atoms with Crippen LogP contribution in [0.15, 0.2) is 30.3 Å². The minimum Gasteiger partial charge on any atom is -0.339 e. The maximum atomic E-state index is 12.1. The van der Waals surface area contributed by atoms with E-state index in [1.807, 2.05) is 30.3 Å². The fourth-order valence-corrected chi connectivity index (χ4v) is 2.98. The van der Waals surface area contributed by atoms with Gasteiger partial charge in [0.15, 0.2) is 0 Å². The number of nitriles is 1. The summed E-state index contributed by atoms with van der Waals surface area (Å²) in [6, 6.07) is 11.3. The first-order valence-electron chi connectivity index (χ1n) is 6.73. The molecule has 20 heavy (non-hydrogen) atoms. The minimum absolute atomic E-state index is 0.0657. The van der Waals surface area contributed by atoms with Gasteiger partial charge >= 0.3 is 0 Å². The maximum Gasteiger partial charge on any atom is 0.238 e. The number of hydrogen-bond acceptors (Lipinski definition) is 4. The molecule has 1 aromatic carbocycles. The van der Waals surface area contributed by atoms with E-state index >= 15 is 0 Å². The summed E-state index contributed by atoms with van der Waals surface area (Å²) in [7, 11) is 0. The highest BCUT2D eigenvalue weighted by atomic mass is 32.2. The molecule has 3 atom stereocenters. The zero-order valence-electron chi connectivity index (χ0n) is 11.5. The lowest BCUT2D eigenvalue weighted by Gasteiger charge is -2.15. The first-order valence-corrected chi connectivity index (χ1v) is 8.02. The van der Waals surface area contributed by atoms with Crippen LogP contribution in [0.5, 0.6) is 0 Å². The van der Waals surface area contributed by atoms with Crippen LogP contribution < -0.4 is 10.6 Å². The van der Waals surface area contributed by atoms with Gasteiger partial charge in [0.25, 0.3) is 0 Å². The third kappa shape index (κ3) is 3.99. The molecule has 1 aromatic rings. The Kier molecular flexibility index (Phi) is 5.45. The second kappa shape index (κ2) is 7.32. The van der Waals surface area contributed by atoms with Gasteiger partial charge in [-0.1, -0.05) is 30.3 Å². The van der Waals surface area contributed by atoms with Gasteiger partial charge in [0.05, 0.1) is 12.1 Å². The molecule has 0 radical (unpaired) electrons. The average Bonchev–Trinajstić information content (AvgIpc) is 2.96. The van der Waals surface area contributed by atoms with Crippen molar-refractivity contribution in [2.24, 2.45) is 0 Å². The van der Waals surface area contributed by atoms with E-state index in [-0.39, 0.29) is 11.9 Å². The van der Waals surface area contributed by atoms with E-state index in [9.17, 15) is 10.1 Å². The molecule has 5 heteroatoms.